The van der Waals surface area contributed by atoms with Crippen molar-refractivity contribution in [3.63, 3.8) is 0 Å². The Bertz CT molecular complexity index is 1270. The molecule has 0 atom stereocenters. The molecule has 4 rings (SSSR count). The van der Waals surface area contributed by atoms with Gasteiger partial charge in [-0.1, -0.05) is 48.6 Å². The largest absolute Gasteiger partial charge is 0.379 e. The van der Waals surface area contributed by atoms with Crippen molar-refractivity contribution in [1.82, 2.24) is 4.98 Å². The standard InChI is InChI=1S/C20H13NO3S3/c22-27(23,16-6-2-1-3-7-16)24-15-12-10-14(11-13-15)19-21-18-9-5-4-8-17(18)20(25)26-19/h1-13H. The van der Waals surface area contributed by atoms with Crippen LogP contribution in [0.25, 0.3) is 21.5 Å². The van der Waals surface area contributed by atoms with Crippen molar-refractivity contribution < 1.29 is 12.6 Å². The fraction of sp³-hybridized carbons (Fsp3) is 0. The van der Waals surface area contributed by atoms with Crippen LogP contribution in [0.15, 0.2) is 83.8 Å². The van der Waals surface area contributed by atoms with Crippen LogP contribution in [0.5, 0.6) is 5.75 Å². The molecule has 7 heteroatoms. The van der Waals surface area contributed by atoms with E-state index in [1.807, 2.05) is 24.3 Å². The van der Waals surface area contributed by atoms with Gasteiger partial charge >= 0.3 is 10.1 Å². The van der Waals surface area contributed by atoms with Gasteiger partial charge in [-0.05, 0) is 42.5 Å². The Kier molecular flexibility index (Phi) is 4.73. The first kappa shape index (κ1) is 17.8. The zero-order valence-corrected chi connectivity index (χ0v) is 16.4. The van der Waals surface area contributed by atoms with E-state index < -0.39 is 10.1 Å². The molecule has 0 unspecified atom stereocenters. The summed E-state index contributed by atoms with van der Waals surface area (Å²) >= 11 is 6.89. The van der Waals surface area contributed by atoms with Crippen LogP contribution in [0.3, 0.4) is 0 Å². The smallest absolute Gasteiger partial charge is 0.339 e. The lowest BCUT2D eigenvalue weighted by atomic mass is 10.2. The molecular weight excluding hydrogens is 398 g/mol. The van der Waals surface area contributed by atoms with Crippen LogP contribution in [-0.2, 0) is 10.1 Å². The highest BCUT2D eigenvalue weighted by atomic mass is 32.2. The molecule has 0 fully saturated rings. The molecule has 0 saturated carbocycles. The van der Waals surface area contributed by atoms with Crippen molar-refractivity contribution in [3.05, 3.63) is 82.7 Å². The number of aromatic nitrogens is 1. The first-order valence-corrected chi connectivity index (χ1v) is 10.7. The SMILES string of the molecule is O=S(=O)(Oc1ccc(-c2nc3ccccc3c(=S)s2)cc1)c1ccccc1. The number of nitrogens with zero attached hydrogens (tertiary/aromatic N) is 1. The highest BCUT2D eigenvalue weighted by molar-refractivity contribution is 7.87. The second kappa shape index (κ2) is 7.19. The van der Waals surface area contributed by atoms with Gasteiger partial charge in [-0.25, -0.2) is 4.98 Å². The molecule has 0 amide bonds. The third-order valence-corrected chi connectivity index (χ3v) is 6.53. The molecule has 0 bridgehead atoms. The van der Waals surface area contributed by atoms with Crippen LogP contribution < -0.4 is 4.18 Å². The maximum atomic E-state index is 12.3. The van der Waals surface area contributed by atoms with E-state index in [1.165, 1.54) is 23.5 Å². The highest BCUT2D eigenvalue weighted by Gasteiger charge is 2.16. The van der Waals surface area contributed by atoms with E-state index in [0.717, 1.165) is 25.3 Å². The fourth-order valence-electron chi connectivity index (χ4n) is 2.56. The van der Waals surface area contributed by atoms with Gasteiger partial charge in [-0.3, -0.25) is 0 Å². The Labute approximate surface area is 165 Å². The van der Waals surface area contributed by atoms with Crippen molar-refractivity contribution in [2.75, 3.05) is 0 Å². The fourth-order valence-corrected chi connectivity index (χ4v) is 4.77. The third-order valence-electron chi connectivity index (χ3n) is 3.87. The molecule has 0 N–H and O–H groups in total. The van der Waals surface area contributed by atoms with Gasteiger partial charge in [0.2, 0.25) is 0 Å². The number of fused-ring (bicyclic) bond motifs is 1. The van der Waals surface area contributed by atoms with Gasteiger partial charge in [-0.15, -0.1) is 11.3 Å². The average molecular weight is 412 g/mol. The molecule has 0 aliphatic carbocycles. The Morgan fingerprint density at radius 3 is 2.26 bits per heavy atom. The maximum Gasteiger partial charge on any atom is 0.339 e. The second-order valence-corrected chi connectivity index (χ2v) is 8.91. The Balaban J connectivity index is 1.64. The van der Waals surface area contributed by atoms with Gasteiger partial charge in [0.1, 0.15) is 19.5 Å². The van der Waals surface area contributed by atoms with E-state index in [0.29, 0.717) is 0 Å². The molecule has 27 heavy (non-hydrogen) atoms. The van der Waals surface area contributed by atoms with Crippen LogP contribution in [0.4, 0.5) is 0 Å². The number of para-hydroxylation sites is 1. The van der Waals surface area contributed by atoms with Gasteiger partial charge in [0.25, 0.3) is 0 Å². The summed E-state index contributed by atoms with van der Waals surface area (Å²) in [5.41, 5.74) is 1.68. The van der Waals surface area contributed by atoms with Gasteiger partial charge in [0.15, 0.2) is 0 Å². The van der Waals surface area contributed by atoms with E-state index in [9.17, 15) is 8.42 Å². The van der Waals surface area contributed by atoms with Crippen molar-refractivity contribution in [2.24, 2.45) is 0 Å². The number of hydrogen-bond acceptors (Lipinski definition) is 6. The van der Waals surface area contributed by atoms with Crippen molar-refractivity contribution in [1.29, 1.82) is 0 Å². The first-order valence-electron chi connectivity index (χ1n) is 8.03. The first-order chi connectivity index (χ1) is 13.0. The molecular formula is C20H13NO3S3. The van der Waals surface area contributed by atoms with Gasteiger partial charge < -0.3 is 4.18 Å². The van der Waals surface area contributed by atoms with Crippen molar-refractivity contribution in [2.45, 2.75) is 4.90 Å². The van der Waals surface area contributed by atoms with E-state index in [1.54, 1.807) is 42.5 Å². The monoisotopic (exact) mass is 411 g/mol. The number of benzene rings is 3. The number of hydrogen-bond donors (Lipinski definition) is 0. The topological polar surface area (TPSA) is 56.3 Å². The molecule has 0 saturated heterocycles. The Morgan fingerprint density at radius 2 is 1.52 bits per heavy atom. The third kappa shape index (κ3) is 3.75. The van der Waals surface area contributed by atoms with E-state index in [-0.39, 0.29) is 10.6 Å². The molecule has 0 aliphatic rings. The molecule has 4 nitrogen and oxygen atoms in total. The minimum atomic E-state index is -3.86. The predicted octanol–water partition coefficient (Wildman–Crippen LogP) is 5.46. The van der Waals surface area contributed by atoms with Crippen molar-refractivity contribution in [3.8, 4) is 16.3 Å². The lowest BCUT2D eigenvalue weighted by Crippen LogP contribution is -2.09. The molecule has 0 spiro atoms. The molecule has 1 aromatic heterocycles. The molecule has 4 aromatic rings. The summed E-state index contributed by atoms with van der Waals surface area (Å²) in [4.78, 5) is 4.77. The predicted molar refractivity (Wildman–Crippen MR) is 110 cm³/mol. The van der Waals surface area contributed by atoms with Crippen LogP contribution >= 0.6 is 23.6 Å². The normalized spacial score (nSPS) is 11.4. The number of rotatable bonds is 4. The quantitative estimate of drug-likeness (QED) is 0.330. The van der Waals surface area contributed by atoms with Gasteiger partial charge in [0, 0.05) is 10.9 Å². The van der Waals surface area contributed by atoms with Gasteiger partial charge in [-0.2, -0.15) is 8.42 Å². The van der Waals surface area contributed by atoms with E-state index >= 15 is 0 Å². The van der Waals surface area contributed by atoms with Crippen LogP contribution in [-0.4, -0.2) is 13.4 Å². The Morgan fingerprint density at radius 1 is 0.852 bits per heavy atom. The highest BCUT2D eigenvalue weighted by Crippen LogP contribution is 2.29. The Hall–Kier alpha value is -2.61. The molecule has 134 valence electrons. The molecule has 0 aliphatic heterocycles. The lowest BCUT2D eigenvalue weighted by molar-refractivity contribution is 0.486. The summed E-state index contributed by atoms with van der Waals surface area (Å²) in [5.74, 6) is 0.243. The van der Waals surface area contributed by atoms with E-state index in [2.05, 4.69) is 4.98 Å². The molecule has 3 aromatic carbocycles. The summed E-state index contributed by atoms with van der Waals surface area (Å²) in [6, 6.07) is 22.6. The summed E-state index contributed by atoms with van der Waals surface area (Å²) in [7, 11) is -3.86. The minimum Gasteiger partial charge on any atom is -0.379 e. The summed E-state index contributed by atoms with van der Waals surface area (Å²) in [6.45, 7) is 0. The van der Waals surface area contributed by atoms with E-state index in [4.69, 9.17) is 16.4 Å². The van der Waals surface area contributed by atoms with Crippen LogP contribution in [0.2, 0.25) is 0 Å². The summed E-state index contributed by atoms with van der Waals surface area (Å²) in [5, 5.41) is 1.73. The van der Waals surface area contributed by atoms with Crippen LogP contribution in [0, 0.1) is 3.82 Å². The second-order valence-electron chi connectivity index (χ2n) is 5.70. The molecule has 1 heterocycles. The summed E-state index contributed by atoms with van der Waals surface area (Å²) < 4.78 is 30.6. The maximum absolute atomic E-state index is 12.3. The zero-order chi connectivity index (χ0) is 18.9. The minimum absolute atomic E-state index is 0.114. The van der Waals surface area contributed by atoms with Crippen molar-refractivity contribution >= 4 is 44.6 Å². The zero-order valence-electron chi connectivity index (χ0n) is 13.9. The van der Waals surface area contributed by atoms with Gasteiger partial charge in [0.05, 0.1) is 5.52 Å². The summed E-state index contributed by atoms with van der Waals surface area (Å²) in [6.07, 6.45) is 0. The average Bonchev–Trinajstić information content (AvgIpc) is 2.69. The van der Waals surface area contributed by atoms with Crippen LogP contribution in [0.1, 0.15) is 0 Å². The molecule has 0 radical (unpaired) electrons. The lowest BCUT2D eigenvalue weighted by Gasteiger charge is -2.08.